The zero-order valence-electron chi connectivity index (χ0n) is 13.7. The maximum atomic E-state index is 11.3. The van der Waals surface area contributed by atoms with Crippen molar-refractivity contribution in [3.05, 3.63) is 47.5 Å². The lowest BCUT2D eigenvalue weighted by Crippen LogP contribution is -2.29. The average molecular weight is 304 g/mol. The molecule has 4 heteroatoms. The van der Waals surface area contributed by atoms with Crippen molar-refractivity contribution in [2.75, 3.05) is 6.61 Å². The molecular formula is C18H24O4. The van der Waals surface area contributed by atoms with Gasteiger partial charge in [0.05, 0.1) is 13.2 Å². The second-order valence-electron chi connectivity index (χ2n) is 6.09. The minimum Gasteiger partial charge on any atom is -0.374 e. The number of benzene rings is 1. The fraction of sp³-hybridized carbons (Fsp3) is 0.500. The lowest BCUT2D eigenvalue weighted by molar-refractivity contribution is -0.149. The van der Waals surface area contributed by atoms with Crippen molar-refractivity contribution >= 4 is 5.78 Å². The van der Waals surface area contributed by atoms with E-state index in [0.717, 1.165) is 11.1 Å². The highest BCUT2D eigenvalue weighted by atomic mass is 16.8. The van der Waals surface area contributed by atoms with Crippen LogP contribution in [0.25, 0.3) is 0 Å². The molecule has 0 spiro atoms. The standard InChI is InChI=1S/C18H24O4/c1-13(10-14(2)19)17-16(21-18(3,4)22-17)12-20-11-15-8-6-5-7-9-15/h5-10,16-17H,11-12H2,1-4H3/b13-10+/t16-,17-/m0/s1. The fourth-order valence-corrected chi connectivity index (χ4v) is 2.61. The van der Waals surface area contributed by atoms with E-state index in [4.69, 9.17) is 14.2 Å². The summed E-state index contributed by atoms with van der Waals surface area (Å²) in [6.45, 7) is 8.12. The summed E-state index contributed by atoms with van der Waals surface area (Å²) in [6.07, 6.45) is 1.13. The molecule has 0 saturated carbocycles. The number of ketones is 1. The van der Waals surface area contributed by atoms with E-state index < -0.39 is 5.79 Å². The van der Waals surface area contributed by atoms with Gasteiger partial charge in [-0.3, -0.25) is 4.79 Å². The van der Waals surface area contributed by atoms with Crippen LogP contribution >= 0.6 is 0 Å². The number of rotatable bonds is 6. The Morgan fingerprint density at radius 2 is 1.91 bits per heavy atom. The molecule has 0 unspecified atom stereocenters. The summed E-state index contributed by atoms with van der Waals surface area (Å²) < 4.78 is 17.6. The van der Waals surface area contributed by atoms with Crippen LogP contribution in [0.3, 0.4) is 0 Å². The second kappa shape index (κ2) is 7.18. The van der Waals surface area contributed by atoms with E-state index in [1.165, 1.54) is 6.92 Å². The number of ether oxygens (including phenoxy) is 3. The third-order valence-electron chi connectivity index (χ3n) is 3.46. The van der Waals surface area contributed by atoms with Gasteiger partial charge < -0.3 is 14.2 Å². The van der Waals surface area contributed by atoms with Crippen molar-refractivity contribution in [1.29, 1.82) is 0 Å². The third kappa shape index (κ3) is 4.77. The van der Waals surface area contributed by atoms with Crippen molar-refractivity contribution in [3.63, 3.8) is 0 Å². The Labute approximate surface area is 132 Å². The molecule has 0 amide bonds. The van der Waals surface area contributed by atoms with Crippen LogP contribution in [-0.4, -0.2) is 30.4 Å². The molecule has 0 N–H and O–H groups in total. The largest absolute Gasteiger partial charge is 0.374 e. The van der Waals surface area contributed by atoms with Gasteiger partial charge in [-0.25, -0.2) is 0 Å². The van der Waals surface area contributed by atoms with Gasteiger partial charge in [-0.1, -0.05) is 30.3 Å². The highest BCUT2D eigenvalue weighted by Gasteiger charge is 2.42. The molecule has 1 heterocycles. The molecule has 0 bridgehead atoms. The Morgan fingerprint density at radius 3 is 2.55 bits per heavy atom. The third-order valence-corrected chi connectivity index (χ3v) is 3.46. The molecule has 2 atom stereocenters. The van der Waals surface area contributed by atoms with E-state index in [0.29, 0.717) is 13.2 Å². The van der Waals surface area contributed by atoms with Gasteiger partial charge in [0.2, 0.25) is 0 Å². The molecule has 22 heavy (non-hydrogen) atoms. The van der Waals surface area contributed by atoms with E-state index in [1.807, 2.05) is 51.1 Å². The van der Waals surface area contributed by atoms with Gasteiger partial charge in [0.1, 0.15) is 12.2 Å². The average Bonchev–Trinajstić information content (AvgIpc) is 2.75. The fourth-order valence-electron chi connectivity index (χ4n) is 2.61. The van der Waals surface area contributed by atoms with Crippen LogP contribution in [0.2, 0.25) is 0 Å². The van der Waals surface area contributed by atoms with Crippen LogP contribution in [0.1, 0.15) is 33.3 Å². The molecule has 0 radical (unpaired) electrons. The van der Waals surface area contributed by atoms with E-state index in [-0.39, 0.29) is 18.0 Å². The molecule has 1 aliphatic heterocycles. The maximum Gasteiger partial charge on any atom is 0.164 e. The number of hydrogen-bond acceptors (Lipinski definition) is 4. The zero-order chi connectivity index (χ0) is 16.2. The molecule has 0 aromatic heterocycles. The van der Waals surface area contributed by atoms with E-state index in [9.17, 15) is 4.79 Å². The van der Waals surface area contributed by atoms with Crippen LogP contribution in [0.5, 0.6) is 0 Å². The summed E-state index contributed by atoms with van der Waals surface area (Å²) in [5.41, 5.74) is 1.99. The summed E-state index contributed by atoms with van der Waals surface area (Å²) in [4.78, 5) is 11.3. The van der Waals surface area contributed by atoms with Gasteiger partial charge in [0, 0.05) is 0 Å². The molecule has 1 aliphatic rings. The lowest BCUT2D eigenvalue weighted by Gasteiger charge is -2.17. The SMILES string of the molecule is CC(=O)/C=C(\C)[C@@H]1OC(C)(C)O[C@H]1COCc1ccccc1. The van der Waals surface area contributed by atoms with Gasteiger partial charge >= 0.3 is 0 Å². The first-order chi connectivity index (χ1) is 10.4. The highest BCUT2D eigenvalue weighted by Crippen LogP contribution is 2.32. The Morgan fingerprint density at radius 1 is 1.23 bits per heavy atom. The first kappa shape index (κ1) is 16.9. The Hall–Kier alpha value is -1.49. The van der Waals surface area contributed by atoms with Gasteiger partial charge in [0.15, 0.2) is 11.6 Å². The minimum atomic E-state index is -0.669. The molecule has 120 valence electrons. The predicted octanol–water partition coefficient (Wildman–Crippen LogP) is 3.26. The molecule has 1 aromatic carbocycles. The minimum absolute atomic E-state index is 0.00904. The van der Waals surface area contributed by atoms with Crippen molar-refractivity contribution < 1.29 is 19.0 Å². The second-order valence-corrected chi connectivity index (χ2v) is 6.09. The van der Waals surface area contributed by atoms with Gasteiger partial charge in [-0.2, -0.15) is 0 Å². The molecule has 4 nitrogen and oxygen atoms in total. The summed E-state index contributed by atoms with van der Waals surface area (Å²) in [5, 5.41) is 0. The topological polar surface area (TPSA) is 44.8 Å². The first-order valence-electron chi connectivity index (χ1n) is 7.53. The molecule has 1 aromatic rings. The van der Waals surface area contributed by atoms with Crippen LogP contribution in [-0.2, 0) is 25.6 Å². The number of carbonyl (C=O) groups excluding carboxylic acids is 1. The van der Waals surface area contributed by atoms with Gasteiger partial charge in [-0.15, -0.1) is 0 Å². The van der Waals surface area contributed by atoms with Gasteiger partial charge in [0.25, 0.3) is 0 Å². The summed E-state index contributed by atoms with van der Waals surface area (Å²) in [6, 6.07) is 9.99. The number of hydrogen-bond donors (Lipinski definition) is 0. The molecular weight excluding hydrogens is 280 g/mol. The maximum absolute atomic E-state index is 11.3. The quantitative estimate of drug-likeness (QED) is 0.757. The number of allylic oxidation sites excluding steroid dienone is 1. The Bertz CT molecular complexity index is 533. The van der Waals surface area contributed by atoms with E-state index in [2.05, 4.69) is 0 Å². The molecule has 2 rings (SSSR count). The Balaban J connectivity index is 1.96. The smallest absolute Gasteiger partial charge is 0.164 e. The summed E-state index contributed by atoms with van der Waals surface area (Å²) in [7, 11) is 0. The van der Waals surface area contributed by atoms with Crippen LogP contribution in [0.4, 0.5) is 0 Å². The zero-order valence-corrected chi connectivity index (χ0v) is 13.7. The Kier molecular flexibility index (Phi) is 5.51. The summed E-state index contributed by atoms with van der Waals surface area (Å²) >= 11 is 0. The lowest BCUT2D eigenvalue weighted by atomic mass is 10.1. The van der Waals surface area contributed by atoms with Crippen LogP contribution in [0, 0.1) is 0 Å². The molecule has 1 saturated heterocycles. The first-order valence-corrected chi connectivity index (χ1v) is 7.53. The van der Waals surface area contributed by atoms with Crippen LogP contribution < -0.4 is 0 Å². The molecule has 1 fully saturated rings. The monoisotopic (exact) mass is 304 g/mol. The van der Waals surface area contributed by atoms with Crippen molar-refractivity contribution in [1.82, 2.24) is 0 Å². The van der Waals surface area contributed by atoms with Crippen molar-refractivity contribution in [3.8, 4) is 0 Å². The van der Waals surface area contributed by atoms with Crippen LogP contribution in [0.15, 0.2) is 42.0 Å². The normalized spacial score (nSPS) is 24.5. The predicted molar refractivity (Wildman–Crippen MR) is 84.4 cm³/mol. The molecule has 0 aliphatic carbocycles. The van der Waals surface area contributed by atoms with E-state index in [1.54, 1.807) is 6.08 Å². The highest BCUT2D eigenvalue weighted by molar-refractivity contribution is 5.88. The van der Waals surface area contributed by atoms with Crippen molar-refractivity contribution in [2.24, 2.45) is 0 Å². The van der Waals surface area contributed by atoms with E-state index >= 15 is 0 Å². The van der Waals surface area contributed by atoms with Gasteiger partial charge in [-0.05, 0) is 44.9 Å². The number of carbonyl (C=O) groups is 1. The van der Waals surface area contributed by atoms with Crippen molar-refractivity contribution in [2.45, 2.75) is 52.3 Å². The summed E-state index contributed by atoms with van der Waals surface area (Å²) in [5.74, 6) is -0.660.